The van der Waals surface area contributed by atoms with Crippen LogP contribution in [-0.2, 0) is 0 Å². The normalized spacial score (nSPS) is 12.4. The minimum Gasteiger partial charge on any atom is -0.476 e. The van der Waals surface area contributed by atoms with E-state index in [4.69, 9.17) is 5.11 Å². The van der Waals surface area contributed by atoms with Crippen molar-refractivity contribution >= 4 is 21.9 Å². The number of hydrogen-bond donors (Lipinski definition) is 1. The van der Waals surface area contributed by atoms with Gasteiger partial charge in [0, 0.05) is 4.47 Å². The molecule has 0 aliphatic heterocycles. The standard InChI is InChI=1S/C11H10BrN3O2/c1-7(8-3-2-4-9(12)5-8)15-6-10(11(16)17)13-14-15/h2-7H,1H3,(H,16,17)/t7-/m0/s1. The zero-order valence-electron chi connectivity index (χ0n) is 9.04. The summed E-state index contributed by atoms with van der Waals surface area (Å²) in [6.07, 6.45) is 1.42. The van der Waals surface area contributed by atoms with E-state index in [1.165, 1.54) is 10.9 Å². The molecule has 6 heteroatoms. The Balaban J connectivity index is 2.30. The number of halogens is 1. The molecule has 0 amide bonds. The van der Waals surface area contributed by atoms with E-state index in [0.717, 1.165) is 10.0 Å². The summed E-state index contributed by atoms with van der Waals surface area (Å²) in [5.74, 6) is -1.07. The second-order valence-electron chi connectivity index (χ2n) is 3.62. The predicted octanol–water partition coefficient (Wildman–Crippen LogP) is 2.35. The highest BCUT2D eigenvalue weighted by Crippen LogP contribution is 2.20. The number of benzene rings is 1. The fourth-order valence-electron chi connectivity index (χ4n) is 1.48. The molecule has 0 spiro atoms. The molecular weight excluding hydrogens is 286 g/mol. The van der Waals surface area contributed by atoms with Crippen molar-refractivity contribution in [1.29, 1.82) is 0 Å². The number of carboxylic acids is 1. The molecule has 0 unspecified atom stereocenters. The molecule has 1 N–H and O–H groups in total. The van der Waals surface area contributed by atoms with Crippen molar-refractivity contribution in [3.05, 3.63) is 46.2 Å². The Kier molecular flexibility index (Phi) is 3.23. The monoisotopic (exact) mass is 295 g/mol. The van der Waals surface area contributed by atoms with E-state index < -0.39 is 5.97 Å². The lowest BCUT2D eigenvalue weighted by Crippen LogP contribution is -2.07. The molecule has 0 aliphatic rings. The van der Waals surface area contributed by atoms with Crippen molar-refractivity contribution in [2.45, 2.75) is 13.0 Å². The number of carbonyl (C=O) groups is 1. The fourth-order valence-corrected chi connectivity index (χ4v) is 1.90. The van der Waals surface area contributed by atoms with E-state index in [2.05, 4.69) is 26.2 Å². The molecule has 0 saturated carbocycles. The van der Waals surface area contributed by atoms with E-state index in [1.54, 1.807) is 0 Å². The average Bonchev–Trinajstić information content (AvgIpc) is 2.77. The molecule has 1 heterocycles. The molecule has 0 fully saturated rings. The van der Waals surface area contributed by atoms with Crippen LogP contribution in [0.3, 0.4) is 0 Å². The van der Waals surface area contributed by atoms with Gasteiger partial charge in [0.2, 0.25) is 0 Å². The van der Waals surface area contributed by atoms with Gasteiger partial charge in [-0.3, -0.25) is 0 Å². The number of aromatic nitrogens is 3. The van der Waals surface area contributed by atoms with Crippen LogP contribution in [0.1, 0.15) is 29.0 Å². The summed E-state index contributed by atoms with van der Waals surface area (Å²) in [6, 6.07) is 7.71. The molecule has 5 nitrogen and oxygen atoms in total. The molecule has 0 radical (unpaired) electrons. The third kappa shape index (κ3) is 2.52. The number of aromatic carboxylic acids is 1. The molecule has 88 valence electrons. The van der Waals surface area contributed by atoms with Gasteiger partial charge in [-0.2, -0.15) is 0 Å². The lowest BCUT2D eigenvalue weighted by molar-refractivity contribution is 0.0690. The summed E-state index contributed by atoms with van der Waals surface area (Å²) >= 11 is 3.39. The molecule has 1 aromatic heterocycles. The fraction of sp³-hybridized carbons (Fsp3) is 0.182. The van der Waals surface area contributed by atoms with Crippen molar-refractivity contribution in [2.75, 3.05) is 0 Å². The molecule has 2 rings (SSSR count). The van der Waals surface area contributed by atoms with Gasteiger partial charge in [-0.15, -0.1) is 5.10 Å². The Hall–Kier alpha value is -1.69. The first-order valence-electron chi connectivity index (χ1n) is 4.98. The van der Waals surface area contributed by atoms with Crippen LogP contribution in [0.4, 0.5) is 0 Å². The summed E-state index contributed by atoms with van der Waals surface area (Å²) in [6.45, 7) is 1.93. The summed E-state index contributed by atoms with van der Waals surface area (Å²) in [7, 11) is 0. The first-order valence-corrected chi connectivity index (χ1v) is 5.78. The van der Waals surface area contributed by atoms with Crippen molar-refractivity contribution in [3.63, 3.8) is 0 Å². The average molecular weight is 296 g/mol. The van der Waals surface area contributed by atoms with Gasteiger partial charge < -0.3 is 5.11 Å². The van der Waals surface area contributed by atoms with Crippen molar-refractivity contribution in [3.8, 4) is 0 Å². The summed E-state index contributed by atoms with van der Waals surface area (Å²) in [4.78, 5) is 10.7. The van der Waals surface area contributed by atoms with E-state index in [0.29, 0.717) is 0 Å². The first-order chi connectivity index (χ1) is 8.08. The number of rotatable bonds is 3. The Morgan fingerprint density at radius 3 is 2.88 bits per heavy atom. The van der Waals surface area contributed by atoms with Crippen LogP contribution in [-0.4, -0.2) is 26.1 Å². The molecule has 0 saturated heterocycles. The Labute approximate surface area is 106 Å². The van der Waals surface area contributed by atoms with Gasteiger partial charge >= 0.3 is 5.97 Å². The van der Waals surface area contributed by atoms with Gasteiger partial charge in [0.05, 0.1) is 12.2 Å². The quantitative estimate of drug-likeness (QED) is 0.944. The van der Waals surface area contributed by atoms with Crippen LogP contribution >= 0.6 is 15.9 Å². The van der Waals surface area contributed by atoms with Gasteiger partial charge in [0.1, 0.15) is 0 Å². The van der Waals surface area contributed by atoms with Gasteiger partial charge in [-0.25, -0.2) is 9.48 Å². The summed E-state index contributed by atoms with van der Waals surface area (Å²) in [5, 5.41) is 16.2. The number of hydrogen-bond acceptors (Lipinski definition) is 3. The van der Waals surface area contributed by atoms with Gasteiger partial charge in [0.15, 0.2) is 5.69 Å². The second-order valence-corrected chi connectivity index (χ2v) is 4.54. The highest BCUT2D eigenvalue weighted by Gasteiger charge is 2.13. The molecule has 2 aromatic rings. The highest BCUT2D eigenvalue weighted by atomic mass is 79.9. The maximum absolute atomic E-state index is 10.7. The third-order valence-corrected chi connectivity index (χ3v) is 2.95. The minimum absolute atomic E-state index is 0.0492. The SMILES string of the molecule is C[C@@H](c1cccc(Br)c1)n1cc(C(=O)O)nn1. The van der Waals surface area contributed by atoms with Crippen LogP contribution in [0.25, 0.3) is 0 Å². The zero-order valence-corrected chi connectivity index (χ0v) is 10.6. The largest absolute Gasteiger partial charge is 0.476 e. The van der Waals surface area contributed by atoms with Crippen LogP contribution in [0.15, 0.2) is 34.9 Å². The van der Waals surface area contributed by atoms with Crippen molar-refractivity contribution in [1.82, 2.24) is 15.0 Å². The minimum atomic E-state index is -1.07. The number of nitrogens with zero attached hydrogens (tertiary/aromatic N) is 3. The molecule has 0 aliphatic carbocycles. The van der Waals surface area contributed by atoms with Crippen molar-refractivity contribution in [2.24, 2.45) is 0 Å². The van der Waals surface area contributed by atoms with Gasteiger partial charge in [-0.05, 0) is 24.6 Å². The smallest absolute Gasteiger partial charge is 0.358 e. The topological polar surface area (TPSA) is 68.0 Å². The molecule has 1 atom stereocenters. The van der Waals surface area contributed by atoms with Crippen LogP contribution in [0.2, 0.25) is 0 Å². The summed E-state index contributed by atoms with van der Waals surface area (Å²) in [5.41, 5.74) is 0.980. The van der Waals surface area contributed by atoms with Gasteiger partial charge in [0.25, 0.3) is 0 Å². The Morgan fingerprint density at radius 1 is 1.53 bits per heavy atom. The van der Waals surface area contributed by atoms with E-state index in [9.17, 15) is 4.79 Å². The molecule has 17 heavy (non-hydrogen) atoms. The molecular formula is C11H10BrN3O2. The van der Waals surface area contributed by atoms with Crippen molar-refractivity contribution < 1.29 is 9.90 Å². The third-order valence-electron chi connectivity index (χ3n) is 2.46. The number of carboxylic acid groups (broad SMARTS) is 1. The lowest BCUT2D eigenvalue weighted by Gasteiger charge is -2.11. The predicted molar refractivity (Wildman–Crippen MR) is 64.9 cm³/mol. The zero-order chi connectivity index (χ0) is 12.4. The maximum atomic E-state index is 10.7. The van der Waals surface area contributed by atoms with Crippen LogP contribution in [0.5, 0.6) is 0 Å². The Morgan fingerprint density at radius 2 is 2.29 bits per heavy atom. The lowest BCUT2D eigenvalue weighted by atomic mass is 10.1. The summed E-state index contributed by atoms with van der Waals surface area (Å²) < 4.78 is 2.51. The van der Waals surface area contributed by atoms with Crippen LogP contribution in [0, 0.1) is 0 Å². The van der Waals surface area contributed by atoms with Crippen LogP contribution < -0.4 is 0 Å². The molecule has 0 bridgehead atoms. The maximum Gasteiger partial charge on any atom is 0.358 e. The van der Waals surface area contributed by atoms with E-state index in [1.807, 2.05) is 31.2 Å². The second kappa shape index (κ2) is 4.67. The molecule has 1 aromatic carbocycles. The Bertz CT molecular complexity index is 553. The van der Waals surface area contributed by atoms with Gasteiger partial charge in [-0.1, -0.05) is 33.3 Å². The highest BCUT2D eigenvalue weighted by molar-refractivity contribution is 9.10. The first kappa shape index (κ1) is 11.8. The van der Waals surface area contributed by atoms with E-state index >= 15 is 0 Å². The van der Waals surface area contributed by atoms with E-state index in [-0.39, 0.29) is 11.7 Å².